The molecule has 1 N–H and O–H groups in total. The minimum atomic E-state index is -0.0385. The first-order chi connectivity index (χ1) is 8.04. The fraction of sp³-hybridized carbons (Fsp3) is 0.500. The lowest BCUT2D eigenvalue weighted by atomic mass is 10.1. The van der Waals surface area contributed by atoms with E-state index in [0.29, 0.717) is 0 Å². The fourth-order valence-electron chi connectivity index (χ4n) is 1.75. The van der Waals surface area contributed by atoms with E-state index in [0.717, 1.165) is 25.1 Å². The van der Waals surface area contributed by atoms with E-state index in [9.17, 15) is 4.79 Å². The van der Waals surface area contributed by atoms with Crippen LogP contribution in [0.2, 0.25) is 0 Å². The van der Waals surface area contributed by atoms with Gasteiger partial charge >= 0.3 is 6.03 Å². The van der Waals surface area contributed by atoms with Crippen LogP contribution >= 0.6 is 0 Å². The van der Waals surface area contributed by atoms with E-state index in [1.165, 1.54) is 11.1 Å². The second-order valence-electron chi connectivity index (χ2n) is 4.49. The number of rotatable bonds is 4. The summed E-state index contributed by atoms with van der Waals surface area (Å²) in [6.07, 6.45) is 2.11. The Morgan fingerprint density at radius 3 is 2.35 bits per heavy atom. The average Bonchev–Trinajstić information content (AvgIpc) is 2.27. The highest BCUT2D eigenvalue weighted by Gasteiger charge is 2.10. The quantitative estimate of drug-likeness (QED) is 0.797. The van der Waals surface area contributed by atoms with Gasteiger partial charge in [0.15, 0.2) is 0 Å². The molecule has 0 aliphatic rings. The van der Waals surface area contributed by atoms with Crippen LogP contribution in [0.3, 0.4) is 0 Å². The predicted molar refractivity (Wildman–Crippen MR) is 72.6 cm³/mol. The smallest absolute Gasteiger partial charge is 0.321 e. The normalized spacial score (nSPS) is 10.1. The highest BCUT2D eigenvalue weighted by atomic mass is 16.2. The van der Waals surface area contributed by atoms with Crippen LogP contribution in [0.5, 0.6) is 0 Å². The van der Waals surface area contributed by atoms with E-state index in [1.807, 2.05) is 26.0 Å². The van der Waals surface area contributed by atoms with Gasteiger partial charge in [0.25, 0.3) is 0 Å². The molecule has 0 aromatic heterocycles. The Kier molecular flexibility index (Phi) is 5.01. The molecule has 94 valence electrons. The summed E-state index contributed by atoms with van der Waals surface area (Å²) in [6, 6.07) is 6.11. The zero-order chi connectivity index (χ0) is 12.8. The van der Waals surface area contributed by atoms with Crippen molar-refractivity contribution in [2.24, 2.45) is 0 Å². The summed E-state index contributed by atoms with van der Waals surface area (Å²) in [4.78, 5) is 13.5. The Hall–Kier alpha value is -1.51. The molecule has 0 unspecified atom stereocenters. The molecular weight excluding hydrogens is 212 g/mol. The van der Waals surface area contributed by atoms with Crippen molar-refractivity contribution in [3.8, 4) is 0 Å². The molecule has 0 aliphatic carbocycles. The van der Waals surface area contributed by atoms with Crippen molar-refractivity contribution in [2.45, 2.75) is 33.6 Å². The summed E-state index contributed by atoms with van der Waals surface area (Å²) in [5.41, 5.74) is 3.29. The first-order valence-corrected chi connectivity index (χ1v) is 6.14. The summed E-state index contributed by atoms with van der Waals surface area (Å²) in [5.74, 6) is 0. The Morgan fingerprint density at radius 2 is 1.82 bits per heavy atom. The van der Waals surface area contributed by atoms with Gasteiger partial charge in [-0.3, -0.25) is 4.90 Å². The van der Waals surface area contributed by atoms with E-state index in [1.54, 1.807) is 11.9 Å². The third-order valence-electron chi connectivity index (χ3n) is 2.70. The third-order valence-corrected chi connectivity index (χ3v) is 2.70. The summed E-state index contributed by atoms with van der Waals surface area (Å²) in [6.45, 7) is 6.93. The zero-order valence-corrected chi connectivity index (χ0v) is 11.2. The number of anilines is 1. The first-order valence-electron chi connectivity index (χ1n) is 6.14. The minimum absolute atomic E-state index is 0.0385. The number of carbonyl (C=O) groups is 1. The lowest BCUT2D eigenvalue weighted by Gasteiger charge is -2.19. The zero-order valence-electron chi connectivity index (χ0n) is 11.2. The maximum atomic E-state index is 11.9. The van der Waals surface area contributed by atoms with Crippen LogP contribution in [0.15, 0.2) is 18.2 Å². The molecule has 3 nitrogen and oxygen atoms in total. The highest BCUT2D eigenvalue weighted by Crippen LogP contribution is 2.17. The number of aryl methyl sites for hydroxylation is 2. The lowest BCUT2D eigenvalue weighted by molar-refractivity contribution is 0.247. The van der Waals surface area contributed by atoms with Gasteiger partial charge in [-0.25, -0.2) is 4.79 Å². The molecule has 0 atom stereocenters. The number of nitrogens with one attached hydrogen (secondary N) is 1. The number of carbonyl (C=O) groups excluding carboxylic acids is 1. The second kappa shape index (κ2) is 6.28. The maximum Gasteiger partial charge on any atom is 0.321 e. The molecule has 0 saturated heterocycles. The van der Waals surface area contributed by atoms with E-state index in [2.05, 4.69) is 18.3 Å². The monoisotopic (exact) mass is 234 g/mol. The van der Waals surface area contributed by atoms with Crippen molar-refractivity contribution in [1.82, 2.24) is 5.32 Å². The molecule has 17 heavy (non-hydrogen) atoms. The molecule has 1 rings (SSSR count). The van der Waals surface area contributed by atoms with Crippen molar-refractivity contribution >= 4 is 11.7 Å². The largest absolute Gasteiger partial charge is 0.338 e. The van der Waals surface area contributed by atoms with Gasteiger partial charge < -0.3 is 5.32 Å². The van der Waals surface area contributed by atoms with Crippen LogP contribution in [0.4, 0.5) is 10.5 Å². The number of amides is 2. The Morgan fingerprint density at radius 1 is 1.24 bits per heavy atom. The van der Waals surface area contributed by atoms with Crippen LogP contribution in [0, 0.1) is 13.8 Å². The Balaban J connectivity index is 2.67. The third kappa shape index (κ3) is 4.10. The number of hydrogen-bond donors (Lipinski definition) is 1. The van der Waals surface area contributed by atoms with Gasteiger partial charge in [-0.05, 0) is 43.5 Å². The molecule has 3 heteroatoms. The average molecular weight is 234 g/mol. The van der Waals surface area contributed by atoms with E-state index in [-0.39, 0.29) is 6.03 Å². The first kappa shape index (κ1) is 13.6. The molecule has 1 aromatic carbocycles. The van der Waals surface area contributed by atoms with Gasteiger partial charge in [0.1, 0.15) is 0 Å². The summed E-state index contributed by atoms with van der Waals surface area (Å²) < 4.78 is 0. The minimum Gasteiger partial charge on any atom is -0.338 e. The van der Waals surface area contributed by atoms with Crippen molar-refractivity contribution in [2.75, 3.05) is 18.5 Å². The van der Waals surface area contributed by atoms with E-state index >= 15 is 0 Å². The molecule has 0 saturated carbocycles. The van der Waals surface area contributed by atoms with E-state index in [4.69, 9.17) is 0 Å². The second-order valence-corrected chi connectivity index (χ2v) is 4.49. The van der Waals surface area contributed by atoms with Gasteiger partial charge in [0.2, 0.25) is 0 Å². The number of urea groups is 1. The SMILES string of the molecule is CCCCNC(=O)N(C)c1cc(C)cc(C)c1. The molecule has 0 heterocycles. The Labute approximate surface area is 104 Å². The molecule has 0 bridgehead atoms. The fourth-order valence-corrected chi connectivity index (χ4v) is 1.75. The topological polar surface area (TPSA) is 32.3 Å². The molecule has 2 amide bonds. The van der Waals surface area contributed by atoms with Crippen molar-refractivity contribution in [1.29, 1.82) is 0 Å². The van der Waals surface area contributed by atoms with Gasteiger partial charge in [-0.1, -0.05) is 19.4 Å². The number of nitrogens with zero attached hydrogens (tertiary/aromatic N) is 1. The standard InChI is InChI=1S/C14H22N2O/c1-5-6-7-15-14(17)16(4)13-9-11(2)8-12(3)10-13/h8-10H,5-7H2,1-4H3,(H,15,17). The summed E-state index contributed by atoms with van der Waals surface area (Å²) >= 11 is 0. The maximum absolute atomic E-state index is 11.9. The van der Waals surface area contributed by atoms with Crippen LogP contribution in [0.25, 0.3) is 0 Å². The lowest BCUT2D eigenvalue weighted by Crippen LogP contribution is -2.37. The number of benzene rings is 1. The van der Waals surface area contributed by atoms with E-state index < -0.39 is 0 Å². The van der Waals surface area contributed by atoms with Gasteiger partial charge in [-0.2, -0.15) is 0 Å². The molecule has 0 radical (unpaired) electrons. The van der Waals surface area contributed by atoms with Gasteiger partial charge in [-0.15, -0.1) is 0 Å². The molecule has 1 aromatic rings. The van der Waals surface area contributed by atoms with Crippen LogP contribution in [-0.4, -0.2) is 19.6 Å². The van der Waals surface area contributed by atoms with Crippen LogP contribution in [0.1, 0.15) is 30.9 Å². The molecular formula is C14H22N2O. The molecule has 0 fully saturated rings. The van der Waals surface area contributed by atoms with Crippen molar-refractivity contribution < 1.29 is 4.79 Å². The highest BCUT2D eigenvalue weighted by molar-refractivity contribution is 5.91. The van der Waals surface area contributed by atoms with Crippen LogP contribution < -0.4 is 10.2 Å². The molecule has 0 spiro atoms. The summed E-state index contributed by atoms with van der Waals surface area (Å²) in [5, 5.41) is 2.91. The Bertz CT molecular complexity index is 368. The predicted octanol–water partition coefficient (Wildman–Crippen LogP) is 3.25. The number of hydrogen-bond acceptors (Lipinski definition) is 1. The number of unbranched alkanes of at least 4 members (excludes halogenated alkanes) is 1. The summed E-state index contributed by atoms with van der Waals surface area (Å²) in [7, 11) is 1.80. The van der Waals surface area contributed by atoms with Gasteiger partial charge in [0.05, 0.1) is 0 Å². The van der Waals surface area contributed by atoms with Crippen LogP contribution in [-0.2, 0) is 0 Å². The molecule has 0 aliphatic heterocycles. The van der Waals surface area contributed by atoms with Crippen molar-refractivity contribution in [3.05, 3.63) is 29.3 Å². The van der Waals surface area contributed by atoms with Crippen molar-refractivity contribution in [3.63, 3.8) is 0 Å². The van der Waals surface area contributed by atoms with Gasteiger partial charge in [0, 0.05) is 19.3 Å².